The molecule has 1 unspecified atom stereocenters. The number of pyridine rings is 1. The molecule has 2 aliphatic rings. The smallest absolute Gasteiger partial charge is 0.186 e. The maximum absolute atomic E-state index is 9.67. The summed E-state index contributed by atoms with van der Waals surface area (Å²) < 4.78 is 5.42. The Hall–Kier alpha value is -2.17. The van der Waals surface area contributed by atoms with Crippen molar-refractivity contribution < 1.29 is 4.74 Å². The predicted octanol–water partition coefficient (Wildman–Crippen LogP) is 2.62. The molecule has 0 bridgehead atoms. The van der Waals surface area contributed by atoms with E-state index in [9.17, 15) is 5.26 Å². The SMILES string of the molecule is CC1CCc2nc(N)c(C#N)c(-c3cnc(N4CCOCC4)s3)c2C1. The molecular weight excluding hydrogens is 334 g/mol. The van der Waals surface area contributed by atoms with Gasteiger partial charge in [0.05, 0.1) is 18.1 Å². The van der Waals surface area contributed by atoms with Gasteiger partial charge in [-0.3, -0.25) is 0 Å². The van der Waals surface area contributed by atoms with Crippen LogP contribution in [0, 0.1) is 17.2 Å². The molecule has 1 saturated heterocycles. The van der Waals surface area contributed by atoms with Crippen molar-refractivity contribution in [1.82, 2.24) is 9.97 Å². The molecule has 0 spiro atoms. The van der Waals surface area contributed by atoms with Crippen LogP contribution in [0.5, 0.6) is 0 Å². The molecule has 0 aromatic carbocycles. The van der Waals surface area contributed by atoms with Crippen molar-refractivity contribution in [2.24, 2.45) is 5.92 Å². The molecule has 1 aliphatic carbocycles. The maximum Gasteiger partial charge on any atom is 0.186 e. The van der Waals surface area contributed by atoms with Crippen LogP contribution in [0.3, 0.4) is 0 Å². The number of ether oxygens (including phenoxy) is 1. The third-order valence-corrected chi connectivity index (χ3v) is 6.05. The lowest BCUT2D eigenvalue weighted by Gasteiger charge is -2.26. The zero-order valence-electron chi connectivity index (χ0n) is 14.3. The molecule has 1 fully saturated rings. The van der Waals surface area contributed by atoms with E-state index in [1.165, 1.54) is 5.56 Å². The highest BCUT2D eigenvalue weighted by Crippen LogP contribution is 2.41. The fourth-order valence-corrected chi connectivity index (χ4v) is 4.67. The standard InChI is InChI=1S/C18H21N5OS/c1-11-2-3-14-12(8-11)16(13(9-19)17(20)22-14)15-10-21-18(25-15)23-4-6-24-7-5-23/h10-11H,2-8H2,1H3,(H2,20,22). The molecule has 6 nitrogen and oxygen atoms in total. The highest BCUT2D eigenvalue weighted by Gasteiger charge is 2.26. The van der Waals surface area contributed by atoms with Crippen molar-refractivity contribution in [3.05, 3.63) is 23.0 Å². The number of nitrogens with zero attached hydrogens (tertiary/aromatic N) is 4. The first kappa shape index (κ1) is 16.3. The first-order valence-corrected chi connectivity index (χ1v) is 9.49. The van der Waals surface area contributed by atoms with E-state index in [1.807, 2.05) is 6.20 Å². The minimum absolute atomic E-state index is 0.340. The van der Waals surface area contributed by atoms with E-state index in [-0.39, 0.29) is 0 Å². The zero-order chi connectivity index (χ0) is 17.4. The van der Waals surface area contributed by atoms with Crippen molar-refractivity contribution in [3.63, 3.8) is 0 Å². The molecule has 0 saturated carbocycles. The number of hydrogen-bond donors (Lipinski definition) is 1. The lowest BCUT2D eigenvalue weighted by molar-refractivity contribution is 0.122. The van der Waals surface area contributed by atoms with Gasteiger partial charge in [0.15, 0.2) is 5.13 Å². The monoisotopic (exact) mass is 355 g/mol. The van der Waals surface area contributed by atoms with Crippen molar-refractivity contribution in [1.29, 1.82) is 5.26 Å². The van der Waals surface area contributed by atoms with E-state index in [1.54, 1.807) is 11.3 Å². The summed E-state index contributed by atoms with van der Waals surface area (Å²) in [5.74, 6) is 0.932. The molecule has 25 heavy (non-hydrogen) atoms. The summed E-state index contributed by atoms with van der Waals surface area (Å²) in [5, 5.41) is 10.7. The Labute approximate surface area is 151 Å². The van der Waals surface area contributed by atoms with Gasteiger partial charge in [-0.2, -0.15) is 5.26 Å². The Balaban J connectivity index is 1.80. The summed E-state index contributed by atoms with van der Waals surface area (Å²) >= 11 is 1.63. The Morgan fingerprint density at radius 3 is 2.96 bits per heavy atom. The van der Waals surface area contributed by atoms with Crippen molar-refractivity contribution in [2.75, 3.05) is 36.9 Å². The Kier molecular flexibility index (Phi) is 4.32. The molecule has 2 aromatic heterocycles. The number of aromatic nitrogens is 2. The van der Waals surface area contributed by atoms with Gasteiger partial charge in [-0.25, -0.2) is 9.97 Å². The van der Waals surface area contributed by atoms with Crippen molar-refractivity contribution in [3.8, 4) is 16.5 Å². The fraction of sp³-hybridized carbons (Fsp3) is 0.500. The van der Waals surface area contributed by atoms with Crippen molar-refractivity contribution >= 4 is 22.3 Å². The summed E-state index contributed by atoms with van der Waals surface area (Å²) in [6, 6.07) is 2.27. The molecule has 3 heterocycles. The molecule has 2 N–H and O–H groups in total. The lowest BCUT2D eigenvalue weighted by atomic mass is 9.84. The van der Waals surface area contributed by atoms with Crippen LogP contribution >= 0.6 is 11.3 Å². The fourth-order valence-electron chi connectivity index (χ4n) is 3.62. The van der Waals surface area contributed by atoms with Gasteiger partial charge >= 0.3 is 0 Å². The lowest BCUT2D eigenvalue weighted by Crippen LogP contribution is -2.36. The number of nitrogen functional groups attached to an aromatic ring is 1. The maximum atomic E-state index is 9.67. The van der Waals surface area contributed by atoms with Gasteiger partial charge in [0.1, 0.15) is 17.5 Å². The summed E-state index contributed by atoms with van der Waals surface area (Å²) in [7, 11) is 0. The van der Waals surface area contributed by atoms with Crippen LogP contribution in [0.25, 0.3) is 10.4 Å². The van der Waals surface area contributed by atoms with E-state index >= 15 is 0 Å². The number of aryl methyl sites for hydroxylation is 1. The second-order valence-electron chi connectivity index (χ2n) is 6.74. The van der Waals surface area contributed by atoms with Gasteiger partial charge in [0, 0.05) is 30.5 Å². The third-order valence-electron chi connectivity index (χ3n) is 4.97. The van der Waals surface area contributed by atoms with E-state index in [0.29, 0.717) is 17.3 Å². The van der Waals surface area contributed by atoms with Gasteiger partial charge in [-0.1, -0.05) is 18.3 Å². The van der Waals surface area contributed by atoms with Crippen LogP contribution in [0.2, 0.25) is 0 Å². The highest BCUT2D eigenvalue weighted by molar-refractivity contribution is 7.19. The highest BCUT2D eigenvalue weighted by atomic mass is 32.1. The molecule has 130 valence electrons. The van der Waals surface area contributed by atoms with Crippen LogP contribution in [-0.4, -0.2) is 36.3 Å². The van der Waals surface area contributed by atoms with E-state index in [2.05, 4.69) is 27.9 Å². The van der Waals surface area contributed by atoms with Crippen molar-refractivity contribution in [2.45, 2.75) is 26.2 Å². The predicted molar refractivity (Wildman–Crippen MR) is 98.7 cm³/mol. The minimum Gasteiger partial charge on any atom is -0.383 e. The van der Waals surface area contributed by atoms with Gasteiger partial charge in [-0.15, -0.1) is 0 Å². The topological polar surface area (TPSA) is 88.1 Å². The number of anilines is 2. The summed E-state index contributed by atoms with van der Waals surface area (Å²) in [6.45, 7) is 5.42. The average molecular weight is 355 g/mol. The third kappa shape index (κ3) is 2.96. The normalized spacial score (nSPS) is 20.2. The summed E-state index contributed by atoms with van der Waals surface area (Å²) in [6.07, 6.45) is 4.86. The molecule has 1 aliphatic heterocycles. The number of morpholine rings is 1. The van der Waals surface area contributed by atoms with Gasteiger partial charge < -0.3 is 15.4 Å². The molecule has 2 aromatic rings. The molecule has 1 atom stereocenters. The largest absolute Gasteiger partial charge is 0.383 e. The Morgan fingerprint density at radius 2 is 2.20 bits per heavy atom. The summed E-state index contributed by atoms with van der Waals surface area (Å²) in [4.78, 5) is 12.4. The van der Waals surface area contributed by atoms with Crippen LogP contribution < -0.4 is 10.6 Å². The number of thiazole rings is 1. The van der Waals surface area contributed by atoms with Gasteiger partial charge in [-0.05, 0) is 30.7 Å². The van der Waals surface area contributed by atoms with Crippen LogP contribution in [0.4, 0.5) is 10.9 Å². The van der Waals surface area contributed by atoms with Crippen LogP contribution in [0.15, 0.2) is 6.20 Å². The van der Waals surface area contributed by atoms with Crippen LogP contribution in [-0.2, 0) is 17.6 Å². The van der Waals surface area contributed by atoms with E-state index in [4.69, 9.17) is 10.5 Å². The average Bonchev–Trinajstić information content (AvgIpc) is 3.11. The number of nitrogens with two attached hydrogens (primary N) is 1. The Morgan fingerprint density at radius 1 is 1.40 bits per heavy atom. The minimum atomic E-state index is 0.340. The second-order valence-corrected chi connectivity index (χ2v) is 7.75. The number of fused-ring (bicyclic) bond motifs is 1. The van der Waals surface area contributed by atoms with E-state index in [0.717, 1.165) is 66.8 Å². The summed E-state index contributed by atoms with van der Waals surface area (Å²) in [5.41, 5.74) is 9.77. The molecule has 4 rings (SSSR count). The number of nitriles is 1. The second kappa shape index (κ2) is 6.62. The number of rotatable bonds is 2. The molecular formula is C18H21N5OS. The van der Waals surface area contributed by atoms with Gasteiger partial charge in [0.2, 0.25) is 0 Å². The quantitative estimate of drug-likeness (QED) is 0.891. The molecule has 0 radical (unpaired) electrons. The zero-order valence-corrected chi connectivity index (χ0v) is 15.1. The van der Waals surface area contributed by atoms with E-state index < -0.39 is 0 Å². The number of hydrogen-bond acceptors (Lipinski definition) is 7. The first-order chi connectivity index (χ1) is 12.2. The van der Waals surface area contributed by atoms with Crippen LogP contribution in [0.1, 0.15) is 30.2 Å². The molecule has 7 heteroatoms. The first-order valence-electron chi connectivity index (χ1n) is 8.67. The molecule has 0 amide bonds. The Bertz CT molecular complexity index is 835. The van der Waals surface area contributed by atoms with Gasteiger partial charge in [0.25, 0.3) is 0 Å².